The molecule has 0 aliphatic carbocycles. The van der Waals surface area contributed by atoms with Gasteiger partial charge in [-0.2, -0.15) is 0 Å². The Morgan fingerprint density at radius 2 is 1.56 bits per heavy atom. The van der Waals surface area contributed by atoms with E-state index in [0.29, 0.717) is 49.9 Å². The molecule has 1 amide bonds. The molecule has 0 radical (unpaired) electrons. The Balaban J connectivity index is 1.55. The summed E-state index contributed by atoms with van der Waals surface area (Å²) in [6, 6.07) is 26.6. The largest absolute Gasteiger partial charge is 0.496 e. The van der Waals surface area contributed by atoms with E-state index in [1.807, 2.05) is 42.5 Å². The van der Waals surface area contributed by atoms with Crippen molar-refractivity contribution in [3.8, 4) is 23.0 Å². The summed E-state index contributed by atoms with van der Waals surface area (Å²) in [5.41, 5.74) is 1.57. The number of hydrogen-bond donors (Lipinski definition) is 1. The predicted molar refractivity (Wildman–Crippen MR) is 135 cm³/mol. The lowest BCUT2D eigenvalue weighted by Gasteiger charge is -2.15. The molecule has 0 fully saturated rings. The Kier molecular flexibility index (Phi) is 7.58. The summed E-state index contributed by atoms with van der Waals surface area (Å²) in [5, 5.41) is 3.86. The topological polar surface area (TPSA) is 56.8 Å². The molecular weight excluding hydrogens is 473 g/mol. The van der Waals surface area contributed by atoms with Crippen LogP contribution in [-0.2, 0) is 6.61 Å². The van der Waals surface area contributed by atoms with Gasteiger partial charge in [0, 0.05) is 16.1 Å². The number of para-hydroxylation sites is 2. The molecule has 5 nitrogen and oxygen atoms in total. The number of nitrogens with one attached hydrogen (secondary N) is 1. The standard InChI is InChI=1S/C27H21Cl2NO4/c1-32-24-13-11-18(15-19(24)17-33-25-10-6-5-9-22(25)29)27(31)30-23-16-20(28)12-14-26(23)34-21-7-3-2-4-8-21/h2-16H,17H2,1H3,(H,30,31). The van der Waals surface area contributed by atoms with Crippen LogP contribution in [0.2, 0.25) is 10.0 Å². The average Bonchev–Trinajstić information content (AvgIpc) is 2.85. The highest BCUT2D eigenvalue weighted by Crippen LogP contribution is 2.33. The van der Waals surface area contributed by atoms with Crippen LogP contribution in [0.1, 0.15) is 15.9 Å². The van der Waals surface area contributed by atoms with Crippen LogP contribution >= 0.6 is 23.2 Å². The molecule has 4 rings (SSSR count). The summed E-state index contributed by atoms with van der Waals surface area (Å²) < 4.78 is 17.2. The van der Waals surface area contributed by atoms with Gasteiger partial charge in [-0.1, -0.05) is 53.5 Å². The molecule has 0 heterocycles. The Morgan fingerprint density at radius 1 is 0.824 bits per heavy atom. The predicted octanol–water partition coefficient (Wildman–Crippen LogP) is 7.63. The molecular formula is C27H21Cl2NO4. The zero-order valence-electron chi connectivity index (χ0n) is 18.3. The third-order valence-corrected chi connectivity index (χ3v) is 5.47. The van der Waals surface area contributed by atoms with Gasteiger partial charge < -0.3 is 19.5 Å². The van der Waals surface area contributed by atoms with Crippen molar-refractivity contribution in [2.45, 2.75) is 6.61 Å². The monoisotopic (exact) mass is 493 g/mol. The molecule has 0 spiro atoms. The molecule has 7 heteroatoms. The number of anilines is 1. The first kappa shape index (κ1) is 23.5. The molecule has 1 N–H and O–H groups in total. The van der Waals surface area contributed by atoms with Crippen LogP contribution < -0.4 is 19.5 Å². The van der Waals surface area contributed by atoms with Crippen molar-refractivity contribution in [2.24, 2.45) is 0 Å². The van der Waals surface area contributed by atoms with Gasteiger partial charge in [-0.25, -0.2) is 0 Å². The van der Waals surface area contributed by atoms with Crippen molar-refractivity contribution in [1.29, 1.82) is 0 Å². The first-order valence-electron chi connectivity index (χ1n) is 10.4. The van der Waals surface area contributed by atoms with E-state index in [1.54, 1.807) is 55.6 Å². The highest BCUT2D eigenvalue weighted by atomic mass is 35.5. The van der Waals surface area contributed by atoms with Crippen molar-refractivity contribution < 1.29 is 19.0 Å². The minimum Gasteiger partial charge on any atom is -0.496 e. The van der Waals surface area contributed by atoms with E-state index in [1.165, 1.54) is 0 Å². The van der Waals surface area contributed by atoms with Crippen LogP contribution in [0, 0.1) is 0 Å². The molecule has 0 atom stereocenters. The van der Waals surface area contributed by atoms with Crippen LogP contribution in [0.3, 0.4) is 0 Å². The Labute approximate surface area is 207 Å². The van der Waals surface area contributed by atoms with Gasteiger partial charge in [0.15, 0.2) is 5.75 Å². The maximum Gasteiger partial charge on any atom is 0.255 e. The second-order valence-corrected chi connectivity index (χ2v) is 8.10. The van der Waals surface area contributed by atoms with E-state index in [2.05, 4.69) is 5.32 Å². The van der Waals surface area contributed by atoms with Crippen molar-refractivity contribution >= 4 is 34.8 Å². The molecule has 34 heavy (non-hydrogen) atoms. The highest BCUT2D eigenvalue weighted by Gasteiger charge is 2.15. The molecule has 0 aliphatic rings. The number of benzene rings is 4. The molecule has 4 aromatic rings. The second-order valence-electron chi connectivity index (χ2n) is 7.26. The van der Waals surface area contributed by atoms with Crippen LogP contribution in [0.4, 0.5) is 5.69 Å². The maximum atomic E-state index is 13.1. The second kappa shape index (κ2) is 11.0. The zero-order valence-corrected chi connectivity index (χ0v) is 19.8. The molecule has 4 aromatic carbocycles. The molecule has 0 aliphatic heterocycles. The summed E-state index contributed by atoms with van der Waals surface area (Å²) in [7, 11) is 1.56. The van der Waals surface area contributed by atoms with Gasteiger partial charge in [0.25, 0.3) is 5.91 Å². The van der Waals surface area contributed by atoms with Gasteiger partial charge in [-0.05, 0) is 60.7 Å². The van der Waals surface area contributed by atoms with E-state index in [9.17, 15) is 4.79 Å². The number of carbonyl (C=O) groups excluding carboxylic acids is 1. The van der Waals surface area contributed by atoms with Crippen molar-refractivity contribution in [3.05, 3.63) is 112 Å². The summed E-state index contributed by atoms with van der Waals surface area (Å²) in [6.07, 6.45) is 0. The first-order chi connectivity index (χ1) is 16.5. The minimum absolute atomic E-state index is 0.174. The number of rotatable bonds is 8. The molecule has 0 saturated carbocycles. The molecule has 0 aromatic heterocycles. The fourth-order valence-electron chi connectivity index (χ4n) is 3.25. The lowest BCUT2D eigenvalue weighted by atomic mass is 10.1. The first-order valence-corrected chi connectivity index (χ1v) is 11.2. The summed E-state index contributed by atoms with van der Waals surface area (Å²) in [4.78, 5) is 13.1. The van der Waals surface area contributed by atoms with Crippen molar-refractivity contribution in [2.75, 3.05) is 12.4 Å². The van der Waals surface area contributed by atoms with E-state index in [4.69, 9.17) is 37.4 Å². The fraction of sp³-hybridized carbons (Fsp3) is 0.0741. The van der Waals surface area contributed by atoms with Gasteiger partial charge in [0.1, 0.15) is 23.9 Å². The summed E-state index contributed by atoms with van der Waals surface area (Å²) in [6.45, 7) is 0.174. The number of methoxy groups -OCH3 is 1. The van der Waals surface area contributed by atoms with Gasteiger partial charge in [-0.3, -0.25) is 4.79 Å². The Morgan fingerprint density at radius 3 is 2.32 bits per heavy atom. The fourth-order valence-corrected chi connectivity index (χ4v) is 3.61. The van der Waals surface area contributed by atoms with Gasteiger partial charge in [-0.15, -0.1) is 0 Å². The van der Waals surface area contributed by atoms with Gasteiger partial charge in [0.2, 0.25) is 0 Å². The number of amides is 1. The summed E-state index contributed by atoms with van der Waals surface area (Å²) >= 11 is 12.4. The zero-order chi connectivity index (χ0) is 23.9. The molecule has 0 saturated heterocycles. The van der Waals surface area contributed by atoms with Crippen LogP contribution in [0.5, 0.6) is 23.0 Å². The van der Waals surface area contributed by atoms with E-state index in [0.717, 1.165) is 0 Å². The van der Waals surface area contributed by atoms with E-state index in [-0.39, 0.29) is 12.5 Å². The van der Waals surface area contributed by atoms with Crippen molar-refractivity contribution in [3.63, 3.8) is 0 Å². The van der Waals surface area contributed by atoms with Crippen LogP contribution in [0.15, 0.2) is 91.0 Å². The number of ether oxygens (including phenoxy) is 3. The van der Waals surface area contributed by atoms with Crippen molar-refractivity contribution in [1.82, 2.24) is 0 Å². The Bertz CT molecular complexity index is 1300. The highest BCUT2D eigenvalue weighted by molar-refractivity contribution is 6.32. The number of carbonyl (C=O) groups is 1. The summed E-state index contributed by atoms with van der Waals surface area (Å²) in [5.74, 6) is 1.92. The average molecular weight is 494 g/mol. The van der Waals surface area contributed by atoms with Crippen LogP contribution in [0.25, 0.3) is 0 Å². The van der Waals surface area contributed by atoms with E-state index >= 15 is 0 Å². The van der Waals surface area contributed by atoms with E-state index < -0.39 is 0 Å². The number of hydrogen-bond acceptors (Lipinski definition) is 4. The lowest BCUT2D eigenvalue weighted by Crippen LogP contribution is -2.13. The van der Waals surface area contributed by atoms with Crippen LogP contribution in [-0.4, -0.2) is 13.0 Å². The molecule has 0 unspecified atom stereocenters. The lowest BCUT2D eigenvalue weighted by molar-refractivity contribution is 0.102. The number of halogens is 2. The quantitative estimate of drug-likeness (QED) is 0.274. The normalized spacial score (nSPS) is 10.4. The van der Waals surface area contributed by atoms with Gasteiger partial charge >= 0.3 is 0 Å². The smallest absolute Gasteiger partial charge is 0.255 e. The SMILES string of the molecule is COc1ccc(C(=O)Nc2cc(Cl)ccc2Oc2ccccc2)cc1COc1ccccc1Cl. The third kappa shape index (κ3) is 5.81. The molecule has 172 valence electrons. The molecule has 0 bridgehead atoms. The van der Waals surface area contributed by atoms with Gasteiger partial charge in [0.05, 0.1) is 17.8 Å². The third-order valence-electron chi connectivity index (χ3n) is 4.92. The minimum atomic E-state index is -0.332. The Hall–Kier alpha value is -3.67. The maximum absolute atomic E-state index is 13.1.